The molecular formula is C16H26N6O7S. The molecule has 0 aromatic heterocycles. The fourth-order valence-electron chi connectivity index (χ4n) is 2.95. The van der Waals surface area contributed by atoms with Crippen LogP contribution >= 0.6 is 12.6 Å². The average molecular weight is 446 g/mol. The van der Waals surface area contributed by atoms with Crippen LogP contribution in [0, 0.1) is 0 Å². The van der Waals surface area contributed by atoms with E-state index >= 15 is 0 Å². The summed E-state index contributed by atoms with van der Waals surface area (Å²) in [6.45, 7) is 0.147. The summed E-state index contributed by atoms with van der Waals surface area (Å²) in [6, 6.07) is -4.99. The van der Waals surface area contributed by atoms with E-state index < -0.39 is 72.5 Å². The Hall–Kier alpha value is -2.87. The summed E-state index contributed by atoms with van der Waals surface area (Å²) < 4.78 is 0. The first-order valence-corrected chi connectivity index (χ1v) is 9.68. The Bertz CT molecular complexity index is 718. The molecule has 0 aromatic carbocycles. The highest BCUT2D eigenvalue weighted by Gasteiger charge is 2.39. The zero-order chi connectivity index (χ0) is 23.0. The summed E-state index contributed by atoms with van der Waals surface area (Å²) >= 11 is 3.87. The molecule has 14 heteroatoms. The number of hydrogen-bond donors (Lipinski definition) is 7. The van der Waals surface area contributed by atoms with Crippen LogP contribution in [0.15, 0.2) is 0 Å². The number of carboxylic acid groups (broad SMARTS) is 1. The van der Waals surface area contributed by atoms with Gasteiger partial charge in [-0.25, -0.2) is 4.79 Å². The highest BCUT2D eigenvalue weighted by molar-refractivity contribution is 7.80. The van der Waals surface area contributed by atoms with E-state index in [1.165, 1.54) is 0 Å². The molecule has 168 valence electrons. The van der Waals surface area contributed by atoms with Crippen LogP contribution in [0.2, 0.25) is 0 Å². The van der Waals surface area contributed by atoms with E-state index in [-0.39, 0.29) is 18.7 Å². The monoisotopic (exact) mass is 446 g/mol. The predicted octanol–water partition coefficient (Wildman–Crippen LogP) is -3.96. The molecule has 0 spiro atoms. The van der Waals surface area contributed by atoms with Crippen molar-refractivity contribution in [3.8, 4) is 0 Å². The first-order chi connectivity index (χ1) is 14.0. The van der Waals surface area contributed by atoms with E-state index in [0.29, 0.717) is 6.42 Å². The van der Waals surface area contributed by atoms with Crippen molar-refractivity contribution in [2.45, 2.75) is 49.9 Å². The number of carboxylic acids is 1. The zero-order valence-corrected chi connectivity index (χ0v) is 17.0. The van der Waals surface area contributed by atoms with Crippen molar-refractivity contribution in [2.75, 3.05) is 12.3 Å². The van der Waals surface area contributed by atoms with Gasteiger partial charge < -0.3 is 37.8 Å². The van der Waals surface area contributed by atoms with Crippen LogP contribution in [0.25, 0.3) is 0 Å². The molecule has 0 aromatic rings. The molecule has 1 saturated heterocycles. The van der Waals surface area contributed by atoms with Crippen LogP contribution in [0.1, 0.15) is 25.7 Å². The molecule has 1 rings (SSSR count). The van der Waals surface area contributed by atoms with E-state index in [9.17, 15) is 28.8 Å². The number of carbonyl (C=O) groups is 6. The lowest BCUT2D eigenvalue weighted by Gasteiger charge is -2.29. The first-order valence-electron chi connectivity index (χ1n) is 9.05. The fourth-order valence-corrected chi connectivity index (χ4v) is 3.19. The summed E-state index contributed by atoms with van der Waals surface area (Å²) in [4.78, 5) is 72.1. The minimum absolute atomic E-state index is 0.147. The van der Waals surface area contributed by atoms with Crippen LogP contribution in [0.3, 0.4) is 0 Å². The molecule has 1 aliphatic heterocycles. The van der Waals surface area contributed by atoms with Crippen LogP contribution in [-0.4, -0.2) is 82.0 Å². The third-order valence-electron chi connectivity index (χ3n) is 4.41. The number of nitrogens with zero attached hydrogens (tertiary/aromatic N) is 1. The molecular weight excluding hydrogens is 420 g/mol. The average Bonchev–Trinajstić information content (AvgIpc) is 3.13. The summed E-state index contributed by atoms with van der Waals surface area (Å²) in [7, 11) is 0. The van der Waals surface area contributed by atoms with Gasteiger partial charge in [0, 0.05) is 12.3 Å². The Labute approximate surface area is 177 Å². The molecule has 4 unspecified atom stereocenters. The predicted molar refractivity (Wildman–Crippen MR) is 106 cm³/mol. The number of amides is 5. The largest absolute Gasteiger partial charge is 0.480 e. The minimum Gasteiger partial charge on any atom is -0.480 e. The van der Waals surface area contributed by atoms with Crippen molar-refractivity contribution in [1.29, 1.82) is 0 Å². The summed E-state index contributed by atoms with van der Waals surface area (Å²) in [5, 5.41) is 13.6. The molecule has 1 heterocycles. The number of likely N-dealkylation sites (tertiary alicyclic amines) is 1. The topological polar surface area (TPSA) is 228 Å². The number of carbonyl (C=O) groups excluding carboxylic acids is 5. The number of aliphatic carboxylic acids is 1. The van der Waals surface area contributed by atoms with Crippen LogP contribution in [0.5, 0.6) is 0 Å². The normalized spacial score (nSPS) is 18.7. The summed E-state index contributed by atoms with van der Waals surface area (Å²) in [5.74, 6) is -5.51. The molecule has 30 heavy (non-hydrogen) atoms. The smallest absolute Gasteiger partial charge is 0.327 e. The Morgan fingerprint density at radius 2 is 1.63 bits per heavy atom. The third-order valence-corrected chi connectivity index (χ3v) is 4.78. The molecule has 9 N–H and O–H groups in total. The van der Waals surface area contributed by atoms with Gasteiger partial charge in [-0.05, 0) is 12.8 Å². The van der Waals surface area contributed by atoms with Gasteiger partial charge in [0.25, 0.3) is 0 Å². The highest BCUT2D eigenvalue weighted by Crippen LogP contribution is 2.19. The van der Waals surface area contributed by atoms with Gasteiger partial charge in [0.05, 0.1) is 18.9 Å². The maximum absolute atomic E-state index is 12.9. The number of thiol groups is 1. The zero-order valence-electron chi connectivity index (χ0n) is 16.1. The molecule has 13 nitrogen and oxygen atoms in total. The van der Waals surface area contributed by atoms with Crippen molar-refractivity contribution >= 4 is 48.1 Å². The Morgan fingerprint density at radius 3 is 2.13 bits per heavy atom. The quantitative estimate of drug-likeness (QED) is 0.154. The van der Waals surface area contributed by atoms with Crippen LogP contribution in [0.4, 0.5) is 0 Å². The van der Waals surface area contributed by atoms with Crippen molar-refractivity contribution in [3.05, 3.63) is 0 Å². The lowest BCUT2D eigenvalue weighted by atomic mass is 10.1. The molecule has 0 bridgehead atoms. The number of rotatable bonds is 11. The second-order valence-electron chi connectivity index (χ2n) is 6.78. The van der Waals surface area contributed by atoms with E-state index in [1.54, 1.807) is 0 Å². The van der Waals surface area contributed by atoms with Crippen molar-refractivity contribution in [3.63, 3.8) is 0 Å². The van der Waals surface area contributed by atoms with Gasteiger partial charge in [0.15, 0.2) is 0 Å². The van der Waals surface area contributed by atoms with E-state index in [1.807, 2.05) is 0 Å². The molecule has 0 radical (unpaired) electrons. The fraction of sp³-hybridized carbons (Fsp3) is 0.625. The van der Waals surface area contributed by atoms with Gasteiger partial charge in [-0.15, -0.1) is 0 Å². The Kier molecular flexibility index (Phi) is 9.52. The van der Waals surface area contributed by atoms with Gasteiger partial charge in [0.1, 0.15) is 18.1 Å². The number of nitrogens with two attached hydrogens (primary N) is 3. The summed E-state index contributed by atoms with van der Waals surface area (Å²) in [5.41, 5.74) is 15.7. The number of primary amides is 2. The second kappa shape index (κ2) is 11.3. The van der Waals surface area contributed by atoms with Gasteiger partial charge >= 0.3 is 5.97 Å². The minimum atomic E-state index is -1.41. The molecule has 0 aliphatic carbocycles. The third kappa shape index (κ3) is 7.18. The van der Waals surface area contributed by atoms with Crippen LogP contribution in [-0.2, 0) is 28.8 Å². The van der Waals surface area contributed by atoms with Crippen molar-refractivity contribution in [2.24, 2.45) is 17.2 Å². The Morgan fingerprint density at radius 1 is 1.03 bits per heavy atom. The van der Waals surface area contributed by atoms with E-state index in [0.717, 1.165) is 4.90 Å². The van der Waals surface area contributed by atoms with Gasteiger partial charge in [-0.1, -0.05) is 0 Å². The number of nitrogens with one attached hydrogen (secondary N) is 2. The Balaban J connectivity index is 2.94. The van der Waals surface area contributed by atoms with Crippen molar-refractivity contribution in [1.82, 2.24) is 15.5 Å². The van der Waals surface area contributed by atoms with E-state index in [4.69, 9.17) is 22.3 Å². The molecule has 1 fully saturated rings. The molecule has 4 atom stereocenters. The van der Waals surface area contributed by atoms with E-state index in [2.05, 4.69) is 23.3 Å². The van der Waals surface area contributed by atoms with Gasteiger partial charge in [0.2, 0.25) is 29.5 Å². The molecule has 0 saturated carbocycles. The van der Waals surface area contributed by atoms with Gasteiger partial charge in [-0.3, -0.25) is 24.0 Å². The lowest BCUT2D eigenvalue weighted by Crippen LogP contribution is -2.57. The SMILES string of the molecule is NC(=O)CC(N)C(=O)NC(CC(N)=O)C(=O)N1CCCC1C(=O)NC(CS)C(=O)O. The second-order valence-corrected chi connectivity index (χ2v) is 7.15. The lowest BCUT2D eigenvalue weighted by molar-refractivity contribution is -0.145. The molecule has 1 aliphatic rings. The molecule has 5 amide bonds. The highest BCUT2D eigenvalue weighted by atomic mass is 32.1. The standard InChI is InChI=1S/C16H26N6O7S/c17-7(4-11(18)23)13(25)20-8(5-12(19)24)15(27)22-3-1-2-10(22)14(26)21-9(6-30)16(28)29/h7-10,30H,1-6,17H2,(H2,18,23)(H2,19,24)(H,20,25)(H,21,26)(H,28,29). The summed E-state index contributed by atoms with van der Waals surface area (Å²) in [6.07, 6.45) is -0.332. The maximum Gasteiger partial charge on any atom is 0.327 e. The van der Waals surface area contributed by atoms with Crippen LogP contribution < -0.4 is 27.8 Å². The van der Waals surface area contributed by atoms with Crippen molar-refractivity contribution < 1.29 is 33.9 Å². The van der Waals surface area contributed by atoms with Gasteiger partial charge in [-0.2, -0.15) is 12.6 Å². The number of hydrogen-bond acceptors (Lipinski definition) is 8. The maximum atomic E-state index is 12.9. The first kappa shape index (κ1) is 25.2.